The molecule has 0 radical (unpaired) electrons. The van der Waals surface area contributed by atoms with Crippen LogP contribution in [0, 0.1) is 0 Å². The van der Waals surface area contributed by atoms with Gasteiger partial charge in [-0.25, -0.2) is 0 Å². The van der Waals surface area contributed by atoms with E-state index in [0.29, 0.717) is 0 Å². The zero-order valence-corrected chi connectivity index (χ0v) is 19.1. The lowest BCUT2D eigenvalue weighted by Crippen LogP contribution is -1.92. The van der Waals surface area contributed by atoms with E-state index in [1.165, 1.54) is 21.5 Å². The van der Waals surface area contributed by atoms with Crippen molar-refractivity contribution in [2.45, 2.75) is 0 Å². The highest BCUT2D eigenvalue weighted by molar-refractivity contribution is 5.96. The summed E-state index contributed by atoms with van der Waals surface area (Å²) in [5.74, 6) is 1.59. The fraction of sp³-hybridized carbons (Fsp3) is 0. The van der Waals surface area contributed by atoms with Crippen LogP contribution >= 0.6 is 0 Å². The van der Waals surface area contributed by atoms with E-state index in [-0.39, 0.29) is 0 Å². The second kappa shape index (κ2) is 9.24. The molecule has 0 aromatic heterocycles. The van der Waals surface area contributed by atoms with Gasteiger partial charge in [0, 0.05) is 33.5 Å². The Labute approximate surface area is 204 Å². The minimum absolute atomic E-state index is 0.795. The SMILES string of the molecule is c1ccc2c(Nc3ccc(Oc4ccc(Nc5cccc6ccccc56)cc4)cc3)cccc2c1. The first kappa shape index (κ1) is 20.8. The van der Waals surface area contributed by atoms with Crippen molar-refractivity contribution >= 4 is 44.3 Å². The van der Waals surface area contributed by atoms with Crippen LogP contribution in [0.3, 0.4) is 0 Å². The quantitative estimate of drug-likeness (QED) is 0.264. The van der Waals surface area contributed by atoms with Crippen molar-refractivity contribution in [2.75, 3.05) is 10.6 Å². The Morgan fingerprint density at radius 1 is 0.371 bits per heavy atom. The topological polar surface area (TPSA) is 33.3 Å². The van der Waals surface area contributed by atoms with Crippen LogP contribution in [0.4, 0.5) is 22.7 Å². The zero-order chi connectivity index (χ0) is 23.5. The number of rotatable bonds is 6. The summed E-state index contributed by atoms with van der Waals surface area (Å²) in [5, 5.41) is 11.9. The third kappa shape index (κ3) is 4.53. The molecule has 6 rings (SSSR count). The van der Waals surface area contributed by atoms with Gasteiger partial charge in [-0.3, -0.25) is 0 Å². The Balaban J connectivity index is 1.13. The number of ether oxygens (including phenoxy) is 1. The maximum Gasteiger partial charge on any atom is 0.127 e. The van der Waals surface area contributed by atoms with Crippen molar-refractivity contribution in [2.24, 2.45) is 0 Å². The standard InChI is InChI=1S/C32H24N2O/c1-3-11-29-23(7-1)9-5-13-31(29)33-25-15-19-27(20-16-25)35-28-21-17-26(18-22-28)34-32-14-6-10-24-8-2-4-12-30(24)32/h1-22,33-34H. The maximum absolute atomic E-state index is 6.07. The van der Waals surface area contributed by atoms with Crippen molar-refractivity contribution in [3.05, 3.63) is 133 Å². The summed E-state index contributed by atoms with van der Waals surface area (Å²) >= 11 is 0. The van der Waals surface area contributed by atoms with Gasteiger partial charge in [-0.05, 0) is 71.4 Å². The lowest BCUT2D eigenvalue weighted by atomic mass is 10.1. The average molecular weight is 453 g/mol. The van der Waals surface area contributed by atoms with Crippen LogP contribution < -0.4 is 15.4 Å². The Morgan fingerprint density at radius 3 is 1.23 bits per heavy atom. The molecular weight excluding hydrogens is 428 g/mol. The summed E-state index contributed by atoms with van der Waals surface area (Å²) in [5.41, 5.74) is 4.21. The van der Waals surface area contributed by atoms with Crippen LogP contribution in [0.5, 0.6) is 11.5 Å². The number of nitrogens with one attached hydrogen (secondary N) is 2. The van der Waals surface area contributed by atoms with Crippen LogP contribution in [0.1, 0.15) is 0 Å². The van der Waals surface area contributed by atoms with Gasteiger partial charge in [0.2, 0.25) is 0 Å². The van der Waals surface area contributed by atoms with E-state index in [1.54, 1.807) is 0 Å². The molecule has 0 aliphatic heterocycles. The van der Waals surface area contributed by atoms with Crippen molar-refractivity contribution in [3.63, 3.8) is 0 Å². The van der Waals surface area contributed by atoms with E-state index < -0.39 is 0 Å². The molecule has 0 fully saturated rings. The predicted octanol–water partition coefficient (Wildman–Crippen LogP) is 9.27. The number of anilines is 4. The molecule has 3 nitrogen and oxygen atoms in total. The summed E-state index contributed by atoms with van der Waals surface area (Å²) in [6.07, 6.45) is 0. The van der Waals surface area contributed by atoms with E-state index in [9.17, 15) is 0 Å². The van der Waals surface area contributed by atoms with Crippen molar-refractivity contribution in [3.8, 4) is 11.5 Å². The third-order valence-electron chi connectivity index (χ3n) is 6.08. The summed E-state index contributed by atoms with van der Waals surface area (Å²) in [7, 11) is 0. The first-order chi connectivity index (χ1) is 17.3. The van der Waals surface area contributed by atoms with Crippen LogP contribution in [0.2, 0.25) is 0 Å². The summed E-state index contributed by atoms with van der Waals surface area (Å²) in [6.45, 7) is 0. The Morgan fingerprint density at radius 2 is 0.771 bits per heavy atom. The molecule has 2 N–H and O–H groups in total. The first-order valence-electron chi connectivity index (χ1n) is 11.7. The van der Waals surface area contributed by atoms with Crippen LogP contribution in [0.25, 0.3) is 21.5 Å². The number of hydrogen-bond donors (Lipinski definition) is 2. The van der Waals surface area contributed by atoms with Gasteiger partial charge in [-0.15, -0.1) is 0 Å². The molecule has 0 spiro atoms. The van der Waals surface area contributed by atoms with Gasteiger partial charge in [0.15, 0.2) is 0 Å². The smallest absolute Gasteiger partial charge is 0.127 e. The fourth-order valence-corrected chi connectivity index (χ4v) is 4.33. The van der Waals surface area contributed by atoms with E-state index in [1.807, 2.05) is 48.5 Å². The normalized spacial score (nSPS) is 10.9. The van der Waals surface area contributed by atoms with E-state index in [2.05, 4.69) is 95.6 Å². The number of hydrogen-bond acceptors (Lipinski definition) is 3. The highest BCUT2D eigenvalue weighted by atomic mass is 16.5. The predicted molar refractivity (Wildman–Crippen MR) is 147 cm³/mol. The van der Waals surface area contributed by atoms with Crippen molar-refractivity contribution in [1.29, 1.82) is 0 Å². The van der Waals surface area contributed by atoms with Gasteiger partial charge >= 0.3 is 0 Å². The minimum atomic E-state index is 0.795. The minimum Gasteiger partial charge on any atom is -0.457 e. The zero-order valence-electron chi connectivity index (χ0n) is 19.1. The van der Waals surface area contributed by atoms with Gasteiger partial charge in [0.25, 0.3) is 0 Å². The van der Waals surface area contributed by atoms with Crippen molar-refractivity contribution in [1.82, 2.24) is 0 Å². The van der Waals surface area contributed by atoms with Gasteiger partial charge < -0.3 is 15.4 Å². The maximum atomic E-state index is 6.07. The lowest BCUT2D eigenvalue weighted by Gasteiger charge is -2.12. The van der Waals surface area contributed by atoms with Gasteiger partial charge in [-0.1, -0.05) is 72.8 Å². The molecule has 0 bridgehead atoms. The van der Waals surface area contributed by atoms with E-state index in [0.717, 1.165) is 34.2 Å². The Kier molecular flexibility index (Phi) is 5.50. The molecule has 6 aromatic carbocycles. The molecule has 168 valence electrons. The first-order valence-corrected chi connectivity index (χ1v) is 11.7. The molecule has 0 aliphatic rings. The molecule has 0 amide bonds. The number of fused-ring (bicyclic) bond motifs is 2. The van der Waals surface area contributed by atoms with Crippen molar-refractivity contribution < 1.29 is 4.74 Å². The van der Waals surface area contributed by atoms with E-state index >= 15 is 0 Å². The fourth-order valence-electron chi connectivity index (χ4n) is 4.33. The summed E-state index contributed by atoms with van der Waals surface area (Å²) < 4.78 is 6.07. The molecule has 0 atom stereocenters. The Bertz CT molecular complexity index is 1470. The molecule has 0 aliphatic carbocycles. The van der Waals surface area contributed by atoms with Gasteiger partial charge in [-0.2, -0.15) is 0 Å². The lowest BCUT2D eigenvalue weighted by molar-refractivity contribution is 0.483. The second-order valence-corrected chi connectivity index (χ2v) is 8.45. The van der Waals surface area contributed by atoms with Gasteiger partial charge in [0.05, 0.1) is 0 Å². The molecule has 35 heavy (non-hydrogen) atoms. The molecule has 0 saturated heterocycles. The van der Waals surface area contributed by atoms with Crippen LogP contribution in [0.15, 0.2) is 133 Å². The highest BCUT2D eigenvalue weighted by Crippen LogP contribution is 2.30. The average Bonchev–Trinajstić information content (AvgIpc) is 2.91. The van der Waals surface area contributed by atoms with Crippen LogP contribution in [-0.4, -0.2) is 0 Å². The number of benzene rings is 6. The summed E-state index contributed by atoms with van der Waals surface area (Å²) in [6, 6.07) is 45.4. The molecule has 6 aromatic rings. The summed E-state index contributed by atoms with van der Waals surface area (Å²) in [4.78, 5) is 0. The molecular formula is C32H24N2O. The molecule has 0 unspecified atom stereocenters. The molecule has 0 saturated carbocycles. The van der Waals surface area contributed by atoms with E-state index in [4.69, 9.17) is 4.74 Å². The molecule has 0 heterocycles. The Hall–Kier alpha value is -4.76. The highest BCUT2D eigenvalue weighted by Gasteiger charge is 2.04. The van der Waals surface area contributed by atoms with Gasteiger partial charge in [0.1, 0.15) is 11.5 Å². The third-order valence-corrected chi connectivity index (χ3v) is 6.08. The monoisotopic (exact) mass is 452 g/mol. The largest absolute Gasteiger partial charge is 0.457 e. The van der Waals surface area contributed by atoms with Crippen LogP contribution in [-0.2, 0) is 0 Å². The molecule has 3 heteroatoms. The second-order valence-electron chi connectivity index (χ2n) is 8.45.